The van der Waals surface area contributed by atoms with Gasteiger partial charge in [-0.05, 0) is 24.3 Å². The largest absolute Gasteiger partial charge is 0.366 e. The highest BCUT2D eigenvalue weighted by Gasteiger charge is 2.08. The molecule has 5 nitrogen and oxygen atoms in total. The Bertz CT molecular complexity index is 886. The molecular formula is C15H11FN4OS. The molecule has 3 aromatic rings. The third-order valence-electron chi connectivity index (χ3n) is 3.08. The number of thiol groups is 1. The molecule has 2 aromatic heterocycles. The zero-order chi connectivity index (χ0) is 15.7. The molecule has 0 atom stereocenters. The van der Waals surface area contributed by atoms with Crippen LogP contribution in [0.3, 0.4) is 0 Å². The SMILES string of the molecule is NC(=O)/C=C(\S)n1ncc2cc(-c3ccc(F)cn3)ccc21. The molecule has 1 amide bonds. The Balaban J connectivity index is 2.06. The number of hydrogen-bond acceptors (Lipinski definition) is 4. The van der Waals surface area contributed by atoms with Gasteiger partial charge in [-0.15, -0.1) is 12.6 Å². The van der Waals surface area contributed by atoms with Gasteiger partial charge in [0.1, 0.15) is 10.8 Å². The highest BCUT2D eigenvalue weighted by molar-refractivity contribution is 7.90. The van der Waals surface area contributed by atoms with E-state index in [2.05, 4.69) is 22.7 Å². The standard InChI is InChI=1S/C15H11FN4OS/c16-11-2-3-12(18-8-11)9-1-4-13-10(5-9)7-19-20(13)15(22)6-14(17)21/h1-8,22H,(H2,17,21)/b15-6-. The fourth-order valence-electron chi connectivity index (χ4n) is 2.11. The van der Waals surface area contributed by atoms with Crippen molar-refractivity contribution in [3.05, 3.63) is 54.6 Å². The second kappa shape index (κ2) is 5.61. The first-order valence-corrected chi connectivity index (χ1v) is 6.79. The summed E-state index contributed by atoms with van der Waals surface area (Å²) in [5.74, 6) is -0.977. The Morgan fingerprint density at radius 1 is 1.27 bits per heavy atom. The summed E-state index contributed by atoms with van der Waals surface area (Å²) >= 11 is 4.21. The van der Waals surface area contributed by atoms with Crippen molar-refractivity contribution >= 4 is 34.5 Å². The fourth-order valence-corrected chi connectivity index (χ4v) is 2.40. The first-order chi connectivity index (χ1) is 10.5. The van der Waals surface area contributed by atoms with E-state index in [-0.39, 0.29) is 5.82 Å². The predicted octanol–water partition coefficient (Wildman–Crippen LogP) is 2.45. The van der Waals surface area contributed by atoms with E-state index in [0.29, 0.717) is 10.7 Å². The number of benzene rings is 1. The summed E-state index contributed by atoms with van der Waals surface area (Å²) in [6.07, 6.45) is 4.00. The van der Waals surface area contributed by atoms with Gasteiger partial charge in [-0.1, -0.05) is 6.07 Å². The highest BCUT2D eigenvalue weighted by Crippen LogP contribution is 2.25. The van der Waals surface area contributed by atoms with E-state index >= 15 is 0 Å². The number of nitrogens with zero attached hydrogens (tertiary/aromatic N) is 3. The van der Waals surface area contributed by atoms with Crippen molar-refractivity contribution in [2.45, 2.75) is 0 Å². The molecule has 0 aliphatic carbocycles. The van der Waals surface area contributed by atoms with Crippen LogP contribution in [0, 0.1) is 5.82 Å². The van der Waals surface area contributed by atoms with Gasteiger partial charge >= 0.3 is 0 Å². The average Bonchev–Trinajstić information content (AvgIpc) is 2.90. The number of aromatic nitrogens is 3. The lowest BCUT2D eigenvalue weighted by atomic mass is 10.1. The minimum atomic E-state index is -0.596. The summed E-state index contributed by atoms with van der Waals surface area (Å²) in [6.45, 7) is 0. The molecule has 2 heterocycles. The topological polar surface area (TPSA) is 73.8 Å². The van der Waals surface area contributed by atoms with Crippen LogP contribution in [0.2, 0.25) is 0 Å². The monoisotopic (exact) mass is 314 g/mol. The van der Waals surface area contributed by atoms with E-state index in [1.807, 2.05) is 18.2 Å². The molecule has 0 saturated carbocycles. The van der Waals surface area contributed by atoms with Crippen molar-refractivity contribution in [3.63, 3.8) is 0 Å². The van der Waals surface area contributed by atoms with Gasteiger partial charge < -0.3 is 5.73 Å². The second-order valence-corrected chi connectivity index (χ2v) is 5.05. The Kier molecular flexibility index (Phi) is 3.64. The van der Waals surface area contributed by atoms with Crippen LogP contribution in [0.1, 0.15) is 0 Å². The van der Waals surface area contributed by atoms with Crippen LogP contribution in [0.15, 0.2) is 48.8 Å². The molecule has 22 heavy (non-hydrogen) atoms. The summed E-state index contributed by atoms with van der Waals surface area (Å²) in [5, 5.41) is 5.35. The van der Waals surface area contributed by atoms with Crippen LogP contribution in [0.5, 0.6) is 0 Å². The molecule has 0 aliphatic heterocycles. The molecule has 3 rings (SSSR count). The van der Waals surface area contributed by atoms with E-state index < -0.39 is 5.91 Å². The third kappa shape index (κ3) is 2.71. The molecule has 0 radical (unpaired) electrons. The Morgan fingerprint density at radius 2 is 2.09 bits per heavy atom. The summed E-state index contributed by atoms with van der Waals surface area (Å²) in [4.78, 5) is 15.0. The summed E-state index contributed by atoms with van der Waals surface area (Å²) < 4.78 is 14.4. The van der Waals surface area contributed by atoms with Gasteiger partial charge in [0, 0.05) is 17.0 Å². The lowest BCUT2D eigenvalue weighted by Crippen LogP contribution is -2.08. The number of hydrogen-bond donors (Lipinski definition) is 2. The Morgan fingerprint density at radius 3 is 2.77 bits per heavy atom. The van der Waals surface area contributed by atoms with E-state index in [4.69, 9.17) is 5.73 Å². The number of amides is 1. The summed E-state index contributed by atoms with van der Waals surface area (Å²) in [5.41, 5.74) is 7.38. The Labute approximate surface area is 130 Å². The zero-order valence-corrected chi connectivity index (χ0v) is 12.2. The summed E-state index contributed by atoms with van der Waals surface area (Å²) in [7, 11) is 0. The third-order valence-corrected chi connectivity index (χ3v) is 3.40. The number of halogens is 1. The molecule has 0 fully saturated rings. The van der Waals surface area contributed by atoms with E-state index in [1.54, 1.807) is 12.3 Å². The van der Waals surface area contributed by atoms with Gasteiger partial charge in [0.2, 0.25) is 5.91 Å². The first-order valence-electron chi connectivity index (χ1n) is 6.35. The van der Waals surface area contributed by atoms with Gasteiger partial charge in [0.25, 0.3) is 0 Å². The van der Waals surface area contributed by atoms with E-state index in [1.165, 1.54) is 23.0 Å². The maximum atomic E-state index is 12.9. The number of fused-ring (bicyclic) bond motifs is 1. The fraction of sp³-hybridized carbons (Fsp3) is 0. The van der Waals surface area contributed by atoms with Crippen molar-refractivity contribution in [1.29, 1.82) is 0 Å². The molecule has 110 valence electrons. The summed E-state index contributed by atoms with van der Waals surface area (Å²) in [6, 6.07) is 8.51. The van der Waals surface area contributed by atoms with E-state index in [9.17, 15) is 9.18 Å². The van der Waals surface area contributed by atoms with Crippen LogP contribution >= 0.6 is 12.6 Å². The molecule has 0 saturated heterocycles. The minimum Gasteiger partial charge on any atom is -0.366 e. The number of pyridine rings is 1. The number of rotatable bonds is 3. The number of carbonyl (C=O) groups excluding carboxylic acids is 1. The first kappa shape index (κ1) is 14.3. The number of nitrogens with two attached hydrogens (primary N) is 1. The van der Waals surface area contributed by atoms with Gasteiger partial charge in [0.05, 0.1) is 23.6 Å². The lowest BCUT2D eigenvalue weighted by Gasteiger charge is -2.04. The zero-order valence-electron chi connectivity index (χ0n) is 11.3. The molecule has 0 aliphatic rings. The van der Waals surface area contributed by atoms with Crippen LogP contribution in [0.25, 0.3) is 27.2 Å². The second-order valence-electron chi connectivity index (χ2n) is 4.60. The molecule has 1 aromatic carbocycles. The van der Waals surface area contributed by atoms with Crippen molar-refractivity contribution in [1.82, 2.24) is 14.8 Å². The molecule has 0 spiro atoms. The van der Waals surface area contributed by atoms with Gasteiger partial charge in [-0.2, -0.15) is 5.10 Å². The maximum Gasteiger partial charge on any atom is 0.244 e. The quantitative estimate of drug-likeness (QED) is 0.576. The van der Waals surface area contributed by atoms with Crippen molar-refractivity contribution in [2.24, 2.45) is 5.73 Å². The smallest absolute Gasteiger partial charge is 0.244 e. The molecular weight excluding hydrogens is 303 g/mol. The highest BCUT2D eigenvalue weighted by atomic mass is 32.1. The van der Waals surface area contributed by atoms with Crippen molar-refractivity contribution < 1.29 is 9.18 Å². The predicted molar refractivity (Wildman–Crippen MR) is 85.4 cm³/mol. The van der Waals surface area contributed by atoms with Gasteiger partial charge in [0.15, 0.2) is 0 Å². The Hall–Kier alpha value is -2.67. The molecule has 0 bridgehead atoms. The van der Waals surface area contributed by atoms with Crippen LogP contribution in [0.4, 0.5) is 4.39 Å². The van der Waals surface area contributed by atoms with Crippen LogP contribution in [-0.2, 0) is 4.79 Å². The lowest BCUT2D eigenvalue weighted by molar-refractivity contribution is -0.113. The van der Waals surface area contributed by atoms with Gasteiger partial charge in [-0.25, -0.2) is 9.07 Å². The van der Waals surface area contributed by atoms with Gasteiger partial charge in [-0.3, -0.25) is 9.78 Å². The van der Waals surface area contributed by atoms with Crippen molar-refractivity contribution in [2.75, 3.05) is 0 Å². The molecule has 7 heteroatoms. The number of primary amides is 1. The minimum absolute atomic E-state index is 0.329. The molecule has 2 N–H and O–H groups in total. The van der Waals surface area contributed by atoms with Crippen molar-refractivity contribution in [3.8, 4) is 11.3 Å². The molecule has 0 unspecified atom stereocenters. The van der Waals surface area contributed by atoms with Crippen LogP contribution in [-0.4, -0.2) is 20.7 Å². The van der Waals surface area contributed by atoms with E-state index in [0.717, 1.165) is 16.5 Å². The normalized spacial score (nSPS) is 11.8. The number of carbonyl (C=O) groups is 1. The average molecular weight is 314 g/mol. The maximum absolute atomic E-state index is 12.9. The van der Waals surface area contributed by atoms with Crippen LogP contribution < -0.4 is 5.73 Å².